The molecule has 0 amide bonds. The van der Waals surface area contributed by atoms with Gasteiger partial charge in [0.15, 0.2) is 0 Å². The number of fused-ring (bicyclic) bond motifs is 1. The molecular formula is C14H17NO2. The summed E-state index contributed by atoms with van der Waals surface area (Å²) in [6.07, 6.45) is 0. The average molecular weight is 231 g/mol. The second kappa shape index (κ2) is 4.24. The van der Waals surface area contributed by atoms with Crippen molar-refractivity contribution in [2.45, 2.75) is 19.8 Å². The molecule has 2 rings (SSSR count). The Morgan fingerprint density at radius 2 is 2.00 bits per heavy atom. The molecule has 1 aromatic heterocycles. The third-order valence-electron chi connectivity index (χ3n) is 3.13. The normalized spacial score (nSPS) is 11.1. The van der Waals surface area contributed by atoms with E-state index in [1.165, 1.54) is 12.7 Å². The fourth-order valence-electron chi connectivity index (χ4n) is 2.03. The van der Waals surface area contributed by atoms with Gasteiger partial charge in [-0.2, -0.15) is 0 Å². The van der Waals surface area contributed by atoms with Gasteiger partial charge >= 0.3 is 5.97 Å². The number of rotatable bonds is 2. The molecule has 0 unspecified atom stereocenters. The molecule has 0 fully saturated rings. The van der Waals surface area contributed by atoms with E-state index < -0.39 is 0 Å². The second-order valence-electron chi connectivity index (χ2n) is 4.55. The van der Waals surface area contributed by atoms with E-state index in [0.717, 1.165) is 10.9 Å². The molecule has 0 N–H and O–H groups in total. The van der Waals surface area contributed by atoms with Crippen molar-refractivity contribution in [1.82, 2.24) is 4.57 Å². The minimum atomic E-state index is -0.296. The van der Waals surface area contributed by atoms with Crippen molar-refractivity contribution >= 4 is 16.9 Å². The number of esters is 1. The van der Waals surface area contributed by atoms with Crippen LogP contribution in [0.5, 0.6) is 0 Å². The molecule has 0 aliphatic carbocycles. The number of ether oxygens (including phenoxy) is 1. The van der Waals surface area contributed by atoms with Gasteiger partial charge in [-0.1, -0.05) is 19.9 Å². The summed E-state index contributed by atoms with van der Waals surface area (Å²) < 4.78 is 6.63. The Morgan fingerprint density at radius 1 is 1.29 bits per heavy atom. The molecule has 0 radical (unpaired) electrons. The third-order valence-corrected chi connectivity index (χ3v) is 3.13. The maximum absolute atomic E-state index is 11.6. The molecule has 2 aromatic rings. The Balaban J connectivity index is 2.61. The van der Waals surface area contributed by atoms with Gasteiger partial charge in [0.05, 0.1) is 7.11 Å². The fraction of sp³-hybridized carbons (Fsp3) is 0.357. The molecule has 0 aliphatic heterocycles. The quantitative estimate of drug-likeness (QED) is 0.744. The summed E-state index contributed by atoms with van der Waals surface area (Å²) in [4.78, 5) is 11.6. The number of carbonyl (C=O) groups is 1. The van der Waals surface area contributed by atoms with Gasteiger partial charge in [0.1, 0.15) is 5.69 Å². The van der Waals surface area contributed by atoms with E-state index in [9.17, 15) is 4.79 Å². The summed E-state index contributed by atoms with van der Waals surface area (Å²) in [5.74, 6) is 0.191. The molecule has 0 atom stereocenters. The van der Waals surface area contributed by atoms with E-state index in [0.29, 0.717) is 11.6 Å². The lowest BCUT2D eigenvalue weighted by Crippen LogP contribution is -2.06. The van der Waals surface area contributed by atoms with Crippen LogP contribution in [0.1, 0.15) is 35.8 Å². The minimum Gasteiger partial charge on any atom is -0.464 e. The van der Waals surface area contributed by atoms with Crippen LogP contribution in [0.25, 0.3) is 10.9 Å². The first-order valence-corrected chi connectivity index (χ1v) is 5.72. The lowest BCUT2D eigenvalue weighted by molar-refractivity contribution is 0.0590. The van der Waals surface area contributed by atoms with E-state index in [-0.39, 0.29) is 5.97 Å². The topological polar surface area (TPSA) is 31.2 Å². The predicted molar refractivity (Wildman–Crippen MR) is 68.3 cm³/mol. The number of aromatic nitrogens is 1. The van der Waals surface area contributed by atoms with E-state index in [1.807, 2.05) is 17.7 Å². The van der Waals surface area contributed by atoms with Crippen molar-refractivity contribution in [2.24, 2.45) is 7.05 Å². The van der Waals surface area contributed by atoms with Crippen LogP contribution < -0.4 is 0 Å². The maximum Gasteiger partial charge on any atom is 0.354 e. The van der Waals surface area contributed by atoms with Gasteiger partial charge in [-0.25, -0.2) is 4.79 Å². The SMILES string of the molecule is COC(=O)c1cc2cc(C(C)C)ccc2n1C. The van der Waals surface area contributed by atoms with Gasteiger partial charge in [-0.15, -0.1) is 0 Å². The third kappa shape index (κ3) is 1.93. The molecule has 3 heteroatoms. The second-order valence-corrected chi connectivity index (χ2v) is 4.55. The molecule has 3 nitrogen and oxygen atoms in total. The molecule has 0 spiro atoms. The highest BCUT2D eigenvalue weighted by atomic mass is 16.5. The Bertz CT molecular complexity index is 567. The fourth-order valence-corrected chi connectivity index (χ4v) is 2.03. The number of hydrogen-bond acceptors (Lipinski definition) is 2. The average Bonchev–Trinajstić information content (AvgIpc) is 2.65. The van der Waals surface area contributed by atoms with Gasteiger partial charge in [0.25, 0.3) is 0 Å². The zero-order valence-corrected chi connectivity index (χ0v) is 10.7. The number of aryl methyl sites for hydroxylation is 1. The Labute approximate surface area is 101 Å². The highest BCUT2D eigenvalue weighted by Gasteiger charge is 2.13. The van der Waals surface area contributed by atoms with E-state index in [1.54, 1.807) is 0 Å². The zero-order chi connectivity index (χ0) is 12.6. The van der Waals surface area contributed by atoms with Crippen LogP contribution in [-0.4, -0.2) is 17.6 Å². The van der Waals surface area contributed by atoms with Gasteiger partial charge in [-0.05, 0) is 29.7 Å². The van der Waals surface area contributed by atoms with Gasteiger partial charge in [-0.3, -0.25) is 0 Å². The summed E-state index contributed by atoms with van der Waals surface area (Å²) in [6.45, 7) is 4.32. The smallest absolute Gasteiger partial charge is 0.354 e. The van der Waals surface area contributed by atoms with Gasteiger partial charge in [0.2, 0.25) is 0 Å². The molecule has 1 heterocycles. The number of benzene rings is 1. The van der Waals surface area contributed by atoms with Crippen LogP contribution in [0.2, 0.25) is 0 Å². The van der Waals surface area contributed by atoms with Crippen molar-refractivity contribution < 1.29 is 9.53 Å². The first-order valence-electron chi connectivity index (χ1n) is 5.72. The van der Waals surface area contributed by atoms with Crippen molar-refractivity contribution in [2.75, 3.05) is 7.11 Å². The summed E-state index contributed by atoms with van der Waals surface area (Å²) in [7, 11) is 3.28. The van der Waals surface area contributed by atoms with Gasteiger partial charge in [0, 0.05) is 18.0 Å². The molecule has 0 saturated carbocycles. The zero-order valence-electron chi connectivity index (χ0n) is 10.7. The molecule has 1 aromatic carbocycles. The predicted octanol–water partition coefficient (Wildman–Crippen LogP) is 3.09. The molecular weight excluding hydrogens is 214 g/mol. The molecule has 0 aliphatic rings. The monoisotopic (exact) mass is 231 g/mol. The van der Waals surface area contributed by atoms with Crippen LogP contribution in [0, 0.1) is 0 Å². The Morgan fingerprint density at radius 3 is 2.59 bits per heavy atom. The van der Waals surface area contributed by atoms with Crippen molar-refractivity contribution in [3.63, 3.8) is 0 Å². The van der Waals surface area contributed by atoms with Crippen LogP contribution in [0.3, 0.4) is 0 Å². The number of carbonyl (C=O) groups excluding carboxylic acids is 1. The molecule has 17 heavy (non-hydrogen) atoms. The highest BCUT2D eigenvalue weighted by Crippen LogP contribution is 2.24. The van der Waals surface area contributed by atoms with Crippen LogP contribution in [0.4, 0.5) is 0 Å². The summed E-state index contributed by atoms with van der Waals surface area (Å²) in [5.41, 5.74) is 2.91. The molecule has 90 valence electrons. The Hall–Kier alpha value is -1.77. The van der Waals surface area contributed by atoms with Crippen LogP contribution in [0.15, 0.2) is 24.3 Å². The molecule has 0 saturated heterocycles. The summed E-state index contributed by atoms with van der Waals surface area (Å²) in [5, 5.41) is 1.08. The van der Waals surface area contributed by atoms with Crippen molar-refractivity contribution in [3.05, 3.63) is 35.5 Å². The van der Waals surface area contributed by atoms with Crippen LogP contribution in [-0.2, 0) is 11.8 Å². The Kier molecular flexibility index (Phi) is 2.92. The lowest BCUT2D eigenvalue weighted by Gasteiger charge is -2.05. The first kappa shape index (κ1) is 11.7. The molecule has 0 bridgehead atoms. The largest absolute Gasteiger partial charge is 0.464 e. The van der Waals surface area contributed by atoms with E-state index in [2.05, 4.69) is 32.0 Å². The first-order chi connectivity index (χ1) is 8.04. The lowest BCUT2D eigenvalue weighted by atomic mass is 10.0. The van der Waals surface area contributed by atoms with Crippen molar-refractivity contribution in [3.8, 4) is 0 Å². The highest BCUT2D eigenvalue weighted by molar-refractivity contribution is 5.95. The van der Waals surface area contributed by atoms with Crippen molar-refractivity contribution in [1.29, 1.82) is 0 Å². The maximum atomic E-state index is 11.6. The minimum absolute atomic E-state index is 0.296. The van der Waals surface area contributed by atoms with E-state index >= 15 is 0 Å². The number of nitrogens with zero attached hydrogens (tertiary/aromatic N) is 1. The van der Waals surface area contributed by atoms with E-state index in [4.69, 9.17) is 4.74 Å². The van der Waals surface area contributed by atoms with Gasteiger partial charge < -0.3 is 9.30 Å². The number of hydrogen-bond donors (Lipinski definition) is 0. The van der Waals surface area contributed by atoms with Crippen LogP contribution >= 0.6 is 0 Å². The standard InChI is InChI=1S/C14H17NO2/c1-9(2)10-5-6-12-11(7-10)8-13(15(12)3)14(16)17-4/h5-9H,1-4H3. The summed E-state index contributed by atoms with van der Waals surface area (Å²) >= 11 is 0. The summed E-state index contributed by atoms with van der Waals surface area (Å²) in [6, 6.07) is 8.17. The number of methoxy groups -OCH3 is 1.